The highest BCUT2D eigenvalue weighted by Gasteiger charge is 2.33. The molecule has 0 aromatic heterocycles. The molecule has 1 aromatic carbocycles. The molecular weight excluding hydrogens is 262 g/mol. The second-order valence-electron chi connectivity index (χ2n) is 4.38. The van der Waals surface area contributed by atoms with E-state index in [-0.39, 0.29) is 5.56 Å². The number of aliphatic hydroxyl groups is 1. The van der Waals surface area contributed by atoms with Crippen molar-refractivity contribution in [2.24, 2.45) is 0 Å². The van der Waals surface area contributed by atoms with E-state index in [0.29, 0.717) is 0 Å². The maximum atomic E-state index is 12.2. The average Bonchev–Trinajstić information content (AvgIpc) is 2.43. The van der Waals surface area contributed by atoms with Gasteiger partial charge in [-0.15, -0.1) is 0 Å². The Labute approximate surface area is 116 Å². The van der Waals surface area contributed by atoms with Gasteiger partial charge in [0.2, 0.25) is 5.91 Å². The molecular formula is C14H17NO5. The molecule has 20 heavy (non-hydrogen) atoms. The number of rotatable bonds is 6. The molecule has 0 aliphatic rings. The second kappa shape index (κ2) is 6.81. The van der Waals surface area contributed by atoms with Crippen molar-refractivity contribution in [2.45, 2.75) is 32.4 Å². The van der Waals surface area contributed by atoms with Gasteiger partial charge in [0, 0.05) is 12.5 Å². The fourth-order valence-electron chi connectivity index (χ4n) is 1.73. The fraction of sp³-hybridized carbons (Fsp3) is 0.357. The Kier molecular flexibility index (Phi) is 5.40. The van der Waals surface area contributed by atoms with Crippen LogP contribution in [0.15, 0.2) is 24.3 Å². The van der Waals surface area contributed by atoms with Crippen molar-refractivity contribution >= 4 is 17.7 Å². The summed E-state index contributed by atoms with van der Waals surface area (Å²) >= 11 is 0. The van der Waals surface area contributed by atoms with Gasteiger partial charge in [-0.1, -0.05) is 31.2 Å². The van der Waals surface area contributed by atoms with Crippen molar-refractivity contribution in [2.75, 3.05) is 0 Å². The molecule has 108 valence electrons. The van der Waals surface area contributed by atoms with Crippen LogP contribution in [0.5, 0.6) is 0 Å². The minimum atomic E-state index is -1.99. The van der Waals surface area contributed by atoms with Crippen LogP contribution in [0.4, 0.5) is 0 Å². The molecule has 1 amide bonds. The SMILES string of the molecule is CCc1ccc(C(=O)C(NC(C)=O)C(O)C(=O)O)cc1. The lowest BCUT2D eigenvalue weighted by Gasteiger charge is -2.19. The number of hydrogen-bond donors (Lipinski definition) is 3. The van der Waals surface area contributed by atoms with Gasteiger partial charge < -0.3 is 15.5 Å². The predicted octanol–water partition coefficient (Wildman–Crippen LogP) is 0.382. The number of carboxylic acids is 1. The molecule has 0 radical (unpaired) electrons. The second-order valence-corrected chi connectivity index (χ2v) is 4.38. The average molecular weight is 279 g/mol. The number of benzene rings is 1. The zero-order chi connectivity index (χ0) is 15.3. The number of aliphatic hydroxyl groups excluding tert-OH is 1. The first kappa shape index (κ1) is 15.8. The number of aliphatic carboxylic acids is 1. The van der Waals surface area contributed by atoms with Gasteiger partial charge >= 0.3 is 5.97 Å². The minimum absolute atomic E-state index is 0.237. The maximum absolute atomic E-state index is 12.2. The van der Waals surface area contributed by atoms with Crippen LogP contribution in [-0.4, -0.2) is 40.0 Å². The van der Waals surface area contributed by atoms with E-state index in [0.717, 1.165) is 18.9 Å². The number of carbonyl (C=O) groups excluding carboxylic acids is 2. The van der Waals surface area contributed by atoms with Crippen LogP contribution in [0.1, 0.15) is 29.8 Å². The van der Waals surface area contributed by atoms with Gasteiger partial charge in [-0.05, 0) is 12.0 Å². The van der Waals surface area contributed by atoms with Gasteiger partial charge in [-0.25, -0.2) is 4.79 Å². The summed E-state index contributed by atoms with van der Waals surface area (Å²) in [7, 11) is 0. The van der Waals surface area contributed by atoms with Gasteiger partial charge in [0.15, 0.2) is 11.9 Å². The molecule has 0 bridgehead atoms. The van der Waals surface area contributed by atoms with Crippen LogP contribution in [0.25, 0.3) is 0 Å². The molecule has 1 rings (SSSR count). The number of carboxylic acid groups (broad SMARTS) is 1. The van der Waals surface area contributed by atoms with Crippen molar-refractivity contribution in [3.8, 4) is 0 Å². The summed E-state index contributed by atoms with van der Waals surface area (Å²) < 4.78 is 0. The maximum Gasteiger partial charge on any atom is 0.335 e. The topological polar surface area (TPSA) is 104 Å². The van der Waals surface area contributed by atoms with Crippen molar-refractivity contribution < 1.29 is 24.6 Å². The first-order chi connectivity index (χ1) is 9.36. The van der Waals surface area contributed by atoms with E-state index in [1.54, 1.807) is 24.3 Å². The molecule has 2 unspecified atom stereocenters. The Morgan fingerprint density at radius 3 is 2.15 bits per heavy atom. The summed E-state index contributed by atoms with van der Waals surface area (Å²) in [4.78, 5) is 34.0. The molecule has 0 heterocycles. The standard InChI is InChI=1S/C14H17NO5/c1-3-9-4-6-10(7-5-9)12(17)11(15-8(2)16)13(18)14(19)20/h4-7,11,13,18H,3H2,1-2H3,(H,15,16)(H,19,20). The summed E-state index contributed by atoms with van der Waals surface area (Å²) in [6, 6.07) is 5.07. The highest BCUT2D eigenvalue weighted by molar-refractivity contribution is 6.04. The van der Waals surface area contributed by atoms with E-state index in [1.807, 2.05) is 6.92 Å². The van der Waals surface area contributed by atoms with Gasteiger partial charge in [0.1, 0.15) is 6.04 Å². The Balaban J connectivity index is 3.02. The first-order valence-corrected chi connectivity index (χ1v) is 6.18. The van der Waals surface area contributed by atoms with Crippen LogP contribution < -0.4 is 5.32 Å². The number of aryl methyl sites for hydroxylation is 1. The van der Waals surface area contributed by atoms with Crippen molar-refractivity contribution in [1.82, 2.24) is 5.32 Å². The molecule has 6 nitrogen and oxygen atoms in total. The lowest BCUT2D eigenvalue weighted by molar-refractivity contribution is -0.147. The zero-order valence-electron chi connectivity index (χ0n) is 11.3. The van der Waals surface area contributed by atoms with Crippen molar-refractivity contribution in [1.29, 1.82) is 0 Å². The third kappa shape index (κ3) is 3.89. The van der Waals surface area contributed by atoms with E-state index in [4.69, 9.17) is 5.11 Å². The Bertz CT molecular complexity index is 509. The molecule has 0 aliphatic heterocycles. The highest BCUT2D eigenvalue weighted by Crippen LogP contribution is 2.10. The number of nitrogens with one attached hydrogen (secondary N) is 1. The summed E-state index contributed by atoms with van der Waals surface area (Å²) in [5.41, 5.74) is 1.26. The monoisotopic (exact) mass is 279 g/mol. The summed E-state index contributed by atoms with van der Waals surface area (Å²) in [6.07, 6.45) is -1.18. The number of hydrogen-bond acceptors (Lipinski definition) is 4. The minimum Gasteiger partial charge on any atom is -0.479 e. The Morgan fingerprint density at radius 1 is 1.20 bits per heavy atom. The predicted molar refractivity (Wildman–Crippen MR) is 71.4 cm³/mol. The van der Waals surface area contributed by atoms with Gasteiger partial charge in [-0.2, -0.15) is 0 Å². The summed E-state index contributed by atoms with van der Waals surface area (Å²) in [5, 5.41) is 20.5. The lowest BCUT2D eigenvalue weighted by atomic mass is 9.98. The van der Waals surface area contributed by atoms with Crippen LogP contribution in [-0.2, 0) is 16.0 Å². The Hall–Kier alpha value is -2.21. The summed E-state index contributed by atoms with van der Waals surface area (Å²) in [5.74, 6) is -2.80. The van der Waals surface area contributed by atoms with E-state index < -0.39 is 29.8 Å². The molecule has 0 fully saturated rings. The van der Waals surface area contributed by atoms with E-state index >= 15 is 0 Å². The largest absolute Gasteiger partial charge is 0.479 e. The molecule has 1 aromatic rings. The van der Waals surface area contributed by atoms with Crippen LogP contribution in [0.2, 0.25) is 0 Å². The smallest absolute Gasteiger partial charge is 0.335 e. The number of Topliss-reactive ketones (excluding diaryl/α,β-unsaturated/α-hetero) is 1. The van der Waals surface area contributed by atoms with Crippen molar-refractivity contribution in [3.63, 3.8) is 0 Å². The molecule has 2 atom stereocenters. The highest BCUT2D eigenvalue weighted by atomic mass is 16.4. The number of amides is 1. The molecule has 0 saturated carbocycles. The summed E-state index contributed by atoms with van der Waals surface area (Å²) in [6.45, 7) is 3.11. The molecule has 0 spiro atoms. The number of ketones is 1. The first-order valence-electron chi connectivity index (χ1n) is 6.18. The lowest BCUT2D eigenvalue weighted by Crippen LogP contribution is -2.51. The molecule has 6 heteroatoms. The van der Waals surface area contributed by atoms with Crippen LogP contribution in [0, 0.1) is 0 Å². The molecule has 0 aliphatic carbocycles. The Morgan fingerprint density at radius 2 is 1.75 bits per heavy atom. The van der Waals surface area contributed by atoms with Crippen LogP contribution in [0.3, 0.4) is 0 Å². The third-order valence-electron chi connectivity index (χ3n) is 2.86. The van der Waals surface area contributed by atoms with E-state index in [2.05, 4.69) is 5.32 Å². The van der Waals surface area contributed by atoms with Gasteiger partial charge in [0.05, 0.1) is 0 Å². The van der Waals surface area contributed by atoms with Crippen molar-refractivity contribution in [3.05, 3.63) is 35.4 Å². The van der Waals surface area contributed by atoms with E-state index in [9.17, 15) is 19.5 Å². The fourth-order valence-corrected chi connectivity index (χ4v) is 1.73. The molecule has 0 saturated heterocycles. The van der Waals surface area contributed by atoms with Crippen LogP contribution >= 0.6 is 0 Å². The number of carbonyl (C=O) groups is 3. The zero-order valence-corrected chi connectivity index (χ0v) is 11.3. The third-order valence-corrected chi connectivity index (χ3v) is 2.86. The quantitative estimate of drug-likeness (QED) is 0.653. The van der Waals surface area contributed by atoms with E-state index in [1.165, 1.54) is 0 Å². The molecule has 3 N–H and O–H groups in total. The normalized spacial score (nSPS) is 13.3. The van der Waals surface area contributed by atoms with Gasteiger partial charge in [0.25, 0.3) is 0 Å². The van der Waals surface area contributed by atoms with Gasteiger partial charge in [-0.3, -0.25) is 9.59 Å².